The summed E-state index contributed by atoms with van der Waals surface area (Å²) in [6.07, 6.45) is 7.50. The normalized spacial score (nSPS) is 10.3. The molecule has 5 nitrogen and oxygen atoms in total. The first-order chi connectivity index (χ1) is 8.65. The summed E-state index contributed by atoms with van der Waals surface area (Å²) in [7, 11) is 1.34. The van der Waals surface area contributed by atoms with E-state index in [1.807, 2.05) is 6.08 Å². The molecule has 1 aromatic rings. The van der Waals surface area contributed by atoms with Gasteiger partial charge in [-0.25, -0.2) is 4.79 Å². The van der Waals surface area contributed by atoms with Gasteiger partial charge in [-0.1, -0.05) is 12.2 Å². The molecule has 1 amide bonds. The van der Waals surface area contributed by atoms with Gasteiger partial charge in [0.05, 0.1) is 12.7 Å². The Labute approximate surface area is 106 Å². The van der Waals surface area contributed by atoms with Gasteiger partial charge in [0.25, 0.3) is 0 Å². The van der Waals surface area contributed by atoms with Gasteiger partial charge in [-0.15, -0.1) is 0 Å². The van der Waals surface area contributed by atoms with E-state index in [9.17, 15) is 9.59 Å². The minimum Gasteiger partial charge on any atom is -0.465 e. The van der Waals surface area contributed by atoms with Crippen molar-refractivity contribution in [2.45, 2.75) is 13.3 Å². The lowest BCUT2D eigenvalue weighted by molar-refractivity contribution is -0.118. The number of nitrogens with one attached hydrogen (secondary N) is 1. The Morgan fingerprint density at radius 2 is 2.28 bits per heavy atom. The summed E-state index contributed by atoms with van der Waals surface area (Å²) < 4.78 is 4.68. The van der Waals surface area contributed by atoms with Gasteiger partial charge in [0, 0.05) is 31.4 Å². The van der Waals surface area contributed by atoms with Crippen molar-refractivity contribution in [1.29, 1.82) is 0 Å². The molecule has 0 radical (unpaired) electrons. The molecule has 1 aromatic heterocycles. The number of ether oxygens (including phenoxy) is 1. The maximum Gasteiger partial charge on any atom is 0.338 e. The molecule has 0 saturated carbocycles. The number of amides is 1. The summed E-state index contributed by atoms with van der Waals surface area (Å²) in [6.45, 7) is 2.04. The van der Waals surface area contributed by atoms with Crippen molar-refractivity contribution in [1.82, 2.24) is 10.3 Å². The summed E-state index contributed by atoms with van der Waals surface area (Å²) in [6, 6.07) is 1.61. The van der Waals surface area contributed by atoms with Gasteiger partial charge in [-0.3, -0.25) is 9.78 Å². The minimum absolute atomic E-state index is 0.0555. The Hall–Kier alpha value is -2.17. The molecule has 1 heterocycles. The number of pyridine rings is 1. The van der Waals surface area contributed by atoms with Gasteiger partial charge in [0.15, 0.2) is 0 Å². The zero-order valence-electron chi connectivity index (χ0n) is 10.5. The minimum atomic E-state index is -0.390. The van der Waals surface area contributed by atoms with Crippen LogP contribution in [0.4, 0.5) is 0 Å². The quantitative estimate of drug-likeness (QED) is 0.632. The first kappa shape index (κ1) is 13.9. The van der Waals surface area contributed by atoms with E-state index >= 15 is 0 Å². The van der Waals surface area contributed by atoms with Crippen LogP contribution in [0.25, 0.3) is 6.08 Å². The molecular formula is C13H16N2O3. The van der Waals surface area contributed by atoms with Crippen LogP contribution in [-0.4, -0.2) is 30.5 Å². The van der Waals surface area contributed by atoms with Crippen molar-refractivity contribution in [2.75, 3.05) is 13.7 Å². The van der Waals surface area contributed by atoms with Crippen LogP contribution in [0, 0.1) is 0 Å². The molecule has 0 fully saturated rings. The van der Waals surface area contributed by atoms with Gasteiger partial charge in [-0.2, -0.15) is 0 Å². The maximum absolute atomic E-state index is 11.5. The van der Waals surface area contributed by atoms with Gasteiger partial charge in [0.1, 0.15) is 0 Å². The molecular weight excluding hydrogens is 232 g/mol. The third-order valence-electron chi connectivity index (χ3n) is 2.24. The van der Waals surface area contributed by atoms with E-state index in [0.717, 1.165) is 0 Å². The van der Waals surface area contributed by atoms with Crippen LogP contribution in [0.1, 0.15) is 29.3 Å². The average molecular weight is 248 g/mol. The molecule has 96 valence electrons. The van der Waals surface area contributed by atoms with Crippen LogP contribution in [0.2, 0.25) is 0 Å². The first-order valence-electron chi connectivity index (χ1n) is 5.58. The molecule has 0 aromatic carbocycles. The van der Waals surface area contributed by atoms with Crippen molar-refractivity contribution in [3.63, 3.8) is 0 Å². The number of aromatic nitrogens is 1. The summed E-state index contributed by atoms with van der Waals surface area (Å²) in [5.41, 5.74) is 1.18. The van der Waals surface area contributed by atoms with Gasteiger partial charge in [-0.05, 0) is 12.5 Å². The second-order valence-corrected chi connectivity index (χ2v) is 3.63. The summed E-state index contributed by atoms with van der Waals surface area (Å²) >= 11 is 0. The zero-order chi connectivity index (χ0) is 13.4. The molecule has 0 aliphatic rings. The van der Waals surface area contributed by atoms with E-state index < -0.39 is 0 Å². The third-order valence-corrected chi connectivity index (χ3v) is 2.24. The second kappa shape index (κ2) is 7.21. The van der Waals surface area contributed by atoms with Crippen molar-refractivity contribution in [2.24, 2.45) is 0 Å². The molecule has 0 atom stereocenters. The molecule has 5 heteroatoms. The number of nitrogens with zero attached hydrogens (tertiary/aromatic N) is 1. The molecule has 0 aliphatic heterocycles. The van der Waals surface area contributed by atoms with Crippen LogP contribution in [-0.2, 0) is 9.53 Å². The number of esters is 1. The number of carbonyl (C=O) groups excluding carboxylic acids is 2. The molecule has 0 bridgehead atoms. The average Bonchev–Trinajstić information content (AvgIpc) is 2.37. The largest absolute Gasteiger partial charge is 0.465 e. The van der Waals surface area contributed by atoms with E-state index in [2.05, 4.69) is 15.0 Å². The first-order valence-corrected chi connectivity index (χ1v) is 5.58. The fourth-order valence-electron chi connectivity index (χ4n) is 1.38. The zero-order valence-corrected chi connectivity index (χ0v) is 10.5. The Morgan fingerprint density at radius 1 is 1.50 bits per heavy atom. The topological polar surface area (TPSA) is 68.3 Å². The predicted molar refractivity (Wildman–Crippen MR) is 67.9 cm³/mol. The van der Waals surface area contributed by atoms with Crippen molar-refractivity contribution in [3.05, 3.63) is 35.7 Å². The van der Waals surface area contributed by atoms with Crippen molar-refractivity contribution < 1.29 is 14.3 Å². The SMILES string of the molecule is COC(=O)c1ccncc1C=CCCNC(C)=O. The monoisotopic (exact) mass is 248 g/mol. The Kier molecular flexibility index (Phi) is 5.57. The summed E-state index contributed by atoms with van der Waals surface area (Å²) in [5.74, 6) is -0.445. The smallest absolute Gasteiger partial charge is 0.338 e. The Bertz CT molecular complexity index is 455. The molecule has 18 heavy (non-hydrogen) atoms. The predicted octanol–water partition coefficient (Wildman–Crippen LogP) is 1.41. The number of hydrogen-bond acceptors (Lipinski definition) is 4. The van der Waals surface area contributed by atoms with E-state index in [1.54, 1.807) is 24.5 Å². The van der Waals surface area contributed by atoms with Crippen LogP contribution in [0.15, 0.2) is 24.5 Å². The third kappa shape index (κ3) is 4.37. The summed E-state index contributed by atoms with van der Waals surface area (Å²) in [5, 5.41) is 2.68. The van der Waals surface area contributed by atoms with Crippen molar-refractivity contribution >= 4 is 18.0 Å². The molecule has 0 unspecified atom stereocenters. The highest BCUT2D eigenvalue weighted by Gasteiger charge is 2.08. The van der Waals surface area contributed by atoms with E-state index in [0.29, 0.717) is 24.1 Å². The highest BCUT2D eigenvalue weighted by Crippen LogP contribution is 2.10. The number of hydrogen-bond donors (Lipinski definition) is 1. The van der Waals surface area contributed by atoms with E-state index in [-0.39, 0.29) is 11.9 Å². The summed E-state index contributed by atoms with van der Waals surface area (Å²) in [4.78, 5) is 26.1. The van der Waals surface area contributed by atoms with Gasteiger partial charge in [0.2, 0.25) is 5.91 Å². The van der Waals surface area contributed by atoms with Gasteiger partial charge >= 0.3 is 5.97 Å². The fourth-order valence-corrected chi connectivity index (χ4v) is 1.38. The van der Waals surface area contributed by atoms with Gasteiger partial charge < -0.3 is 10.1 Å². The van der Waals surface area contributed by atoms with E-state index in [4.69, 9.17) is 0 Å². The maximum atomic E-state index is 11.5. The number of rotatable bonds is 5. The van der Waals surface area contributed by atoms with E-state index in [1.165, 1.54) is 14.0 Å². The molecule has 1 rings (SSSR count). The van der Waals surface area contributed by atoms with Crippen molar-refractivity contribution in [3.8, 4) is 0 Å². The number of methoxy groups -OCH3 is 1. The molecule has 0 saturated heterocycles. The number of carbonyl (C=O) groups is 2. The highest BCUT2D eigenvalue weighted by atomic mass is 16.5. The highest BCUT2D eigenvalue weighted by molar-refractivity contribution is 5.93. The van der Waals surface area contributed by atoms with Crippen LogP contribution >= 0.6 is 0 Å². The van der Waals surface area contributed by atoms with Crippen LogP contribution in [0.3, 0.4) is 0 Å². The lowest BCUT2D eigenvalue weighted by Gasteiger charge is -2.02. The lowest BCUT2D eigenvalue weighted by Crippen LogP contribution is -2.20. The Morgan fingerprint density at radius 3 is 2.94 bits per heavy atom. The van der Waals surface area contributed by atoms with Crippen LogP contribution in [0.5, 0.6) is 0 Å². The fraction of sp³-hybridized carbons (Fsp3) is 0.308. The standard InChI is InChI=1S/C13H16N2O3/c1-10(16)15-7-4-3-5-11-9-14-8-6-12(11)13(17)18-2/h3,5-6,8-9H,4,7H2,1-2H3,(H,15,16). The van der Waals surface area contributed by atoms with Crippen LogP contribution < -0.4 is 5.32 Å². The Balaban J connectivity index is 2.63. The molecule has 0 aliphatic carbocycles. The molecule has 0 spiro atoms. The lowest BCUT2D eigenvalue weighted by atomic mass is 10.1. The second-order valence-electron chi connectivity index (χ2n) is 3.63. The molecule has 1 N–H and O–H groups in total.